The van der Waals surface area contributed by atoms with Gasteiger partial charge in [-0.25, -0.2) is 0 Å². The molecule has 0 aliphatic heterocycles. The van der Waals surface area contributed by atoms with Crippen LogP contribution in [0.2, 0.25) is 0 Å². The van der Waals surface area contributed by atoms with Gasteiger partial charge in [-0.2, -0.15) is 30.7 Å². The van der Waals surface area contributed by atoms with Crippen LogP contribution >= 0.6 is 0 Å². The smallest absolute Gasteiger partial charge is 0.199 e. The molecule has 1 unspecified atom stereocenters. The third-order valence-electron chi connectivity index (χ3n) is 3.13. The lowest BCUT2D eigenvalue weighted by atomic mass is 9.90. The number of hydrogen-bond acceptors (Lipinski definition) is 0. The van der Waals surface area contributed by atoms with Crippen molar-refractivity contribution in [1.82, 2.24) is 0 Å². The third-order valence-corrected chi connectivity index (χ3v) is 3.13. The van der Waals surface area contributed by atoms with Crippen LogP contribution in [0.15, 0.2) is 0 Å². The Morgan fingerprint density at radius 3 is 2.11 bits per heavy atom. The van der Waals surface area contributed by atoms with E-state index in [4.69, 9.17) is 0 Å². The van der Waals surface area contributed by atoms with Crippen LogP contribution in [0.5, 0.6) is 0 Å². The van der Waals surface area contributed by atoms with Crippen molar-refractivity contribution in [2.75, 3.05) is 0 Å². The van der Waals surface area contributed by atoms with Crippen molar-refractivity contribution in [2.24, 2.45) is 5.92 Å². The molecule has 1 saturated carbocycles. The zero-order valence-corrected chi connectivity index (χ0v) is 9.54. The Labute approximate surface area is 101 Å². The van der Waals surface area contributed by atoms with Crippen LogP contribution in [0.4, 0.5) is 30.7 Å². The molecule has 0 N–H and O–H groups in total. The Morgan fingerprint density at radius 2 is 1.56 bits per heavy atom. The van der Waals surface area contributed by atoms with Gasteiger partial charge in [0.1, 0.15) is 0 Å². The second-order valence-corrected chi connectivity index (χ2v) is 4.66. The molecule has 0 heterocycles. The van der Waals surface area contributed by atoms with E-state index >= 15 is 0 Å². The van der Waals surface area contributed by atoms with Gasteiger partial charge in [0, 0.05) is 6.42 Å². The molecule has 0 nitrogen and oxygen atoms in total. The molecule has 1 rings (SSSR count). The summed E-state index contributed by atoms with van der Waals surface area (Å²) in [5.74, 6) is -11.8. The maximum absolute atomic E-state index is 13.1. The van der Waals surface area contributed by atoms with Gasteiger partial charge in [0.25, 0.3) is 0 Å². The zero-order valence-electron chi connectivity index (χ0n) is 9.54. The molecule has 107 valence electrons. The molecule has 7 heteroatoms. The fourth-order valence-electron chi connectivity index (χ4n) is 2.08. The van der Waals surface area contributed by atoms with Crippen molar-refractivity contribution in [1.29, 1.82) is 0 Å². The van der Waals surface area contributed by atoms with E-state index in [-0.39, 0.29) is 12.8 Å². The van der Waals surface area contributed by atoms with Crippen LogP contribution in [-0.2, 0) is 0 Å². The number of rotatable bonds is 3. The van der Waals surface area contributed by atoms with Crippen molar-refractivity contribution in [2.45, 2.75) is 56.5 Å². The highest BCUT2D eigenvalue weighted by atomic mass is 19.4. The Bertz CT molecular complexity index is 261. The fraction of sp³-hybridized carbons (Fsp3) is 0.909. The summed E-state index contributed by atoms with van der Waals surface area (Å²) in [4.78, 5) is 0. The minimum Gasteiger partial charge on any atom is -0.199 e. The molecule has 0 aromatic rings. The van der Waals surface area contributed by atoms with Gasteiger partial charge in [0.05, 0.1) is 0 Å². The topological polar surface area (TPSA) is 0 Å². The molecule has 1 atom stereocenters. The second kappa shape index (κ2) is 5.25. The van der Waals surface area contributed by atoms with E-state index in [2.05, 4.69) is 0 Å². The lowest BCUT2D eigenvalue weighted by molar-refractivity contribution is -0.357. The molecule has 0 aromatic carbocycles. The van der Waals surface area contributed by atoms with Crippen molar-refractivity contribution in [3.63, 3.8) is 0 Å². The minimum absolute atomic E-state index is 0.170. The summed E-state index contributed by atoms with van der Waals surface area (Å²) >= 11 is 0. The van der Waals surface area contributed by atoms with Gasteiger partial charge < -0.3 is 0 Å². The van der Waals surface area contributed by atoms with Crippen molar-refractivity contribution < 1.29 is 30.7 Å². The number of hydrogen-bond donors (Lipinski definition) is 0. The van der Waals surface area contributed by atoms with Crippen LogP contribution in [0.25, 0.3) is 0 Å². The molecule has 0 bridgehead atoms. The van der Waals surface area contributed by atoms with Gasteiger partial charge in [0.2, 0.25) is 0 Å². The van der Waals surface area contributed by atoms with Crippen molar-refractivity contribution >= 4 is 0 Å². The summed E-state index contributed by atoms with van der Waals surface area (Å²) in [6, 6.07) is 0. The monoisotopic (exact) mass is 279 g/mol. The van der Waals surface area contributed by atoms with Gasteiger partial charge in [-0.1, -0.05) is 25.7 Å². The molecule has 1 radical (unpaired) electrons. The standard InChI is InChI=1S/C11H14F7/c12-9(13,10(14,15)11(16,17)18)7-8-5-3-1-2-4-6-8/h3,8H,1-2,4-7H2. The zero-order chi connectivity index (χ0) is 14.0. The third kappa shape index (κ3) is 3.29. The predicted octanol–water partition coefficient (Wildman–Crippen LogP) is 4.99. The normalized spacial score (nSPS) is 20.8. The van der Waals surface area contributed by atoms with Crippen LogP contribution in [0.1, 0.15) is 38.5 Å². The Hall–Kier alpha value is -0.490. The largest absolute Gasteiger partial charge is 0.459 e. The first-order valence-corrected chi connectivity index (χ1v) is 5.72. The minimum atomic E-state index is -6.22. The summed E-state index contributed by atoms with van der Waals surface area (Å²) in [6.07, 6.45) is -3.49. The van der Waals surface area contributed by atoms with E-state index in [9.17, 15) is 30.7 Å². The average molecular weight is 279 g/mol. The highest BCUT2D eigenvalue weighted by Gasteiger charge is 2.72. The van der Waals surface area contributed by atoms with Crippen LogP contribution in [0, 0.1) is 12.3 Å². The van der Waals surface area contributed by atoms with Gasteiger partial charge in [-0.15, -0.1) is 0 Å². The molecule has 0 aromatic heterocycles. The summed E-state index contributed by atoms with van der Waals surface area (Å²) in [7, 11) is 0. The van der Waals surface area contributed by atoms with Gasteiger partial charge >= 0.3 is 18.0 Å². The molecule has 0 spiro atoms. The van der Waals surface area contributed by atoms with E-state index in [0.717, 1.165) is 6.42 Å². The average Bonchev–Trinajstić information content (AvgIpc) is 2.43. The number of alkyl halides is 7. The Balaban J connectivity index is 2.73. The van der Waals surface area contributed by atoms with Crippen LogP contribution < -0.4 is 0 Å². The number of halogens is 7. The van der Waals surface area contributed by atoms with E-state index < -0.39 is 30.4 Å². The summed E-state index contributed by atoms with van der Waals surface area (Å²) < 4.78 is 87.4. The Kier molecular flexibility index (Phi) is 4.54. The van der Waals surface area contributed by atoms with E-state index in [1.165, 1.54) is 0 Å². The summed E-state index contributed by atoms with van der Waals surface area (Å²) in [5.41, 5.74) is 0. The SMILES string of the molecule is FC(F)(F)C(F)(F)C(F)(F)CC1C[CH]CCCC1. The fourth-order valence-corrected chi connectivity index (χ4v) is 2.08. The van der Waals surface area contributed by atoms with E-state index in [1.807, 2.05) is 0 Å². The van der Waals surface area contributed by atoms with E-state index in [0.29, 0.717) is 12.8 Å². The second-order valence-electron chi connectivity index (χ2n) is 4.66. The lowest BCUT2D eigenvalue weighted by Crippen LogP contribution is -2.52. The first kappa shape index (κ1) is 15.6. The van der Waals surface area contributed by atoms with Gasteiger partial charge in [-0.3, -0.25) is 0 Å². The molecular formula is C11H14F7. The van der Waals surface area contributed by atoms with Gasteiger partial charge in [0.15, 0.2) is 0 Å². The maximum atomic E-state index is 13.1. The Morgan fingerprint density at radius 1 is 0.944 bits per heavy atom. The molecular weight excluding hydrogens is 265 g/mol. The van der Waals surface area contributed by atoms with Crippen LogP contribution in [-0.4, -0.2) is 18.0 Å². The highest BCUT2D eigenvalue weighted by molar-refractivity contribution is 4.93. The highest BCUT2D eigenvalue weighted by Crippen LogP contribution is 2.50. The maximum Gasteiger partial charge on any atom is 0.459 e. The van der Waals surface area contributed by atoms with Crippen molar-refractivity contribution in [3.8, 4) is 0 Å². The molecule has 18 heavy (non-hydrogen) atoms. The molecule has 1 fully saturated rings. The van der Waals surface area contributed by atoms with Crippen LogP contribution in [0.3, 0.4) is 0 Å². The molecule has 0 amide bonds. The first-order valence-electron chi connectivity index (χ1n) is 5.72. The summed E-state index contributed by atoms with van der Waals surface area (Å²) in [6.45, 7) is 0. The van der Waals surface area contributed by atoms with E-state index in [1.54, 1.807) is 6.42 Å². The first-order chi connectivity index (χ1) is 8.08. The quantitative estimate of drug-likeness (QED) is 0.504. The van der Waals surface area contributed by atoms with Gasteiger partial charge in [-0.05, 0) is 18.8 Å². The van der Waals surface area contributed by atoms with Crippen molar-refractivity contribution in [3.05, 3.63) is 6.42 Å². The molecule has 1 aliphatic carbocycles. The lowest BCUT2D eigenvalue weighted by Gasteiger charge is -2.30. The predicted molar refractivity (Wildman–Crippen MR) is 51.4 cm³/mol. The summed E-state index contributed by atoms with van der Waals surface area (Å²) in [5, 5.41) is 0. The molecule has 1 aliphatic rings. The molecule has 0 saturated heterocycles.